The van der Waals surface area contributed by atoms with Gasteiger partial charge in [-0.3, -0.25) is 14.4 Å². The minimum Gasteiger partial charge on any atom is -0.480 e. The van der Waals surface area contributed by atoms with Crippen LogP contribution in [0.4, 0.5) is 0 Å². The van der Waals surface area contributed by atoms with Gasteiger partial charge in [-0.15, -0.1) is 0 Å². The smallest absolute Gasteiger partial charge is 0.323 e. The third-order valence-electron chi connectivity index (χ3n) is 2.74. The maximum atomic E-state index is 10.2. The van der Waals surface area contributed by atoms with Gasteiger partial charge in [0.15, 0.2) is 0 Å². The molecule has 0 bridgehead atoms. The molecule has 10 N–H and O–H groups in total. The second-order valence-electron chi connectivity index (χ2n) is 4.98. The van der Waals surface area contributed by atoms with Crippen molar-refractivity contribution in [1.82, 2.24) is 0 Å². The van der Waals surface area contributed by atoms with Crippen molar-refractivity contribution in [3.05, 3.63) is 0 Å². The largest absolute Gasteiger partial charge is 0.480 e. The maximum absolute atomic E-state index is 10.2. The zero-order valence-corrected chi connectivity index (χ0v) is 13.8. The fraction of sp³-hybridized carbons (Fsp3) is 0.769. The molecule has 0 radical (unpaired) electrons. The molecule has 0 aliphatic rings. The summed E-state index contributed by atoms with van der Waals surface area (Å²) >= 11 is 0. The Bertz CT molecular complexity index is 361. The number of rotatable bonds is 6. The highest BCUT2D eigenvalue weighted by atomic mass is 16.4. The molecule has 0 aromatic heterocycles. The molecule has 0 unspecified atom stereocenters. The second-order valence-corrected chi connectivity index (χ2v) is 4.98. The molecule has 0 rings (SSSR count). The average molecular weight is 339 g/mol. The molecular weight excluding hydrogens is 310 g/mol. The summed E-state index contributed by atoms with van der Waals surface area (Å²) in [5.41, 5.74) is 15.0. The molecule has 0 fully saturated rings. The van der Waals surface area contributed by atoms with E-state index in [2.05, 4.69) is 0 Å². The first-order chi connectivity index (χ1) is 10.3. The summed E-state index contributed by atoms with van der Waals surface area (Å²) in [4.78, 5) is 29.6. The number of aliphatic hydroxyl groups is 1. The third-order valence-corrected chi connectivity index (χ3v) is 2.74. The van der Waals surface area contributed by atoms with E-state index >= 15 is 0 Å². The predicted molar refractivity (Wildman–Crippen MR) is 83.6 cm³/mol. The predicted octanol–water partition coefficient (Wildman–Crippen LogP) is -1.36. The Morgan fingerprint density at radius 3 is 1.17 bits per heavy atom. The summed E-state index contributed by atoms with van der Waals surface area (Å²) in [7, 11) is 0. The fourth-order valence-corrected chi connectivity index (χ4v) is 0.704. The van der Waals surface area contributed by atoms with Gasteiger partial charge in [-0.25, -0.2) is 0 Å². The highest BCUT2D eigenvalue weighted by molar-refractivity contribution is 5.74. The molecule has 0 heterocycles. The van der Waals surface area contributed by atoms with Gasteiger partial charge in [0.1, 0.15) is 18.1 Å². The molecule has 0 aromatic rings. The van der Waals surface area contributed by atoms with Gasteiger partial charge < -0.3 is 37.6 Å². The first kappa shape index (κ1) is 26.2. The number of carbonyl (C=O) groups is 3. The summed E-state index contributed by atoms with van der Waals surface area (Å²) in [5, 5.41) is 32.8. The minimum atomic E-state index is -1.18. The van der Waals surface area contributed by atoms with Crippen molar-refractivity contribution >= 4 is 17.9 Å². The van der Waals surface area contributed by atoms with E-state index in [1.807, 2.05) is 13.8 Å². The summed E-state index contributed by atoms with van der Waals surface area (Å²) < 4.78 is 0. The van der Waals surface area contributed by atoms with Crippen molar-refractivity contribution in [3.63, 3.8) is 0 Å². The first-order valence-corrected chi connectivity index (χ1v) is 6.92. The van der Waals surface area contributed by atoms with Gasteiger partial charge in [0, 0.05) is 0 Å². The van der Waals surface area contributed by atoms with E-state index in [4.69, 9.17) is 37.6 Å². The topological polar surface area (TPSA) is 210 Å². The number of hydrogen-bond acceptors (Lipinski definition) is 7. The van der Waals surface area contributed by atoms with E-state index in [-0.39, 0.29) is 5.92 Å². The van der Waals surface area contributed by atoms with E-state index in [0.29, 0.717) is 0 Å². The van der Waals surface area contributed by atoms with Gasteiger partial charge in [0.2, 0.25) is 0 Å². The number of carboxylic acid groups (broad SMARTS) is 3. The molecule has 0 amide bonds. The number of nitrogens with two attached hydrogens (primary N) is 3. The Morgan fingerprint density at radius 1 is 0.826 bits per heavy atom. The normalized spacial score (nSPS) is 16.2. The lowest BCUT2D eigenvalue weighted by Crippen LogP contribution is -2.39. The highest BCUT2D eigenvalue weighted by Crippen LogP contribution is 2.04. The highest BCUT2D eigenvalue weighted by Gasteiger charge is 2.17. The van der Waals surface area contributed by atoms with Gasteiger partial charge >= 0.3 is 17.9 Å². The maximum Gasteiger partial charge on any atom is 0.323 e. The number of aliphatic hydroxyl groups excluding tert-OH is 1. The molecule has 10 nitrogen and oxygen atoms in total. The molecule has 5 atom stereocenters. The van der Waals surface area contributed by atoms with Crippen LogP contribution in [0.15, 0.2) is 0 Å². The second kappa shape index (κ2) is 13.9. The van der Waals surface area contributed by atoms with Crippen molar-refractivity contribution in [3.8, 4) is 0 Å². The van der Waals surface area contributed by atoms with Gasteiger partial charge in [-0.1, -0.05) is 20.3 Å². The molecule has 0 aromatic carbocycles. The SMILES string of the molecule is CC[C@H](C)[C@H](N)C(=O)O.C[C@@H](O)[C@H](N)C(=O)O.C[C@H](N)C(=O)O. The van der Waals surface area contributed by atoms with Crippen LogP contribution in [0.25, 0.3) is 0 Å². The van der Waals surface area contributed by atoms with Crippen molar-refractivity contribution in [2.24, 2.45) is 23.1 Å². The van der Waals surface area contributed by atoms with Crippen LogP contribution < -0.4 is 17.2 Å². The third kappa shape index (κ3) is 16.4. The van der Waals surface area contributed by atoms with E-state index in [1.165, 1.54) is 13.8 Å². The zero-order valence-electron chi connectivity index (χ0n) is 13.8. The van der Waals surface area contributed by atoms with Crippen LogP contribution in [-0.4, -0.2) is 62.6 Å². The van der Waals surface area contributed by atoms with Crippen LogP contribution in [0.2, 0.25) is 0 Å². The van der Waals surface area contributed by atoms with Crippen molar-refractivity contribution in [2.45, 2.75) is 58.3 Å². The van der Waals surface area contributed by atoms with Gasteiger partial charge in [-0.2, -0.15) is 0 Å². The van der Waals surface area contributed by atoms with Crippen LogP contribution in [0.5, 0.6) is 0 Å². The lowest BCUT2D eigenvalue weighted by molar-refractivity contribution is -0.141. The van der Waals surface area contributed by atoms with Gasteiger partial charge in [0.25, 0.3) is 0 Å². The van der Waals surface area contributed by atoms with Crippen LogP contribution in [0, 0.1) is 5.92 Å². The van der Waals surface area contributed by atoms with Gasteiger partial charge in [0.05, 0.1) is 6.10 Å². The van der Waals surface area contributed by atoms with Crippen molar-refractivity contribution in [1.29, 1.82) is 0 Å². The minimum absolute atomic E-state index is 0.0718. The molecule has 138 valence electrons. The van der Waals surface area contributed by atoms with Crippen LogP contribution in [0.1, 0.15) is 34.1 Å². The van der Waals surface area contributed by atoms with Crippen LogP contribution >= 0.6 is 0 Å². The molecule has 0 saturated carbocycles. The number of hydrogen-bond donors (Lipinski definition) is 7. The number of carboxylic acids is 3. The van der Waals surface area contributed by atoms with Crippen LogP contribution in [-0.2, 0) is 14.4 Å². The Hall–Kier alpha value is -1.75. The van der Waals surface area contributed by atoms with Crippen molar-refractivity contribution in [2.75, 3.05) is 0 Å². The van der Waals surface area contributed by atoms with Crippen LogP contribution in [0.3, 0.4) is 0 Å². The quantitative estimate of drug-likeness (QED) is 0.302. The summed E-state index contributed by atoms with van der Waals surface area (Å²) in [5.74, 6) is -2.98. The fourth-order valence-electron chi connectivity index (χ4n) is 0.704. The Labute approximate surface area is 135 Å². The Kier molecular flexibility index (Phi) is 15.8. The molecule has 0 aliphatic heterocycles. The summed E-state index contributed by atoms with van der Waals surface area (Å²) in [6.45, 7) is 6.51. The lowest BCUT2D eigenvalue weighted by Gasteiger charge is -2.11. The Morgan fingerprint density at radius 2 is 1.13 bits per heavy atom. The molecule has 0 saturated heterocycles. The lowest BCUT2D eigenvalue weighted by atomic mass is 10.0. The van der Waals surface area contributed by atoms with E-state index in [1.54, 1.807) is 0 Å². The zero-order chi connectivity index (χ0) is 19.3. The van der Waals surface area contributed by atoms with Gasteiger partial charge in [-0.05, 0) is 19.8 Å². The van der Waals surface area contributed by atoms with E-state index in [0.717, 1.165) is 6.42 Å². The van der Waals surface area contributed by atoms with E-state index in [9.17, 15) is 14.4 Å². The Balaban J connectivity index is -0.000000266. The average Bonchev–Trinajstić information content (AvgIpc) is 2.45. The first-order valence-electron chi connectivity index (χ1n) is 6.92. The van der Waals surface area contributed by atoms with Crippen molar-refractivity contribution < 1.29 is 34.8 Å². The summed E-state index contributed by atoms with van der Waals surface area (Å²) in [6.07, 6.45) is -0.166. The molecule has 10 heteroatoms. The molecule has 23 heavy (non-hydrogen) atoms. The number of aliphatic carboxylic acids is 3. The van der Waals surface area contributed by atoms with E-state index < -0.39 is 42.1 Å². The molecule has 0 spiro atoms. The summed E-state index contributed by atoms with van der Waals surface area (Å²) in [6, 6.07) is -2.59. The standard InChI is InChI=1S/C6H13NO2.C4H9NO3.C3H7NO2/c1-3-4(2)5(7)6(8)9;1-2(6)3(5)4(7)8;1-2(4)3(5)6/h4-5H,3,7H2,1-2H3,(H,8,9);2-3,6H,5H2,1H3,(H,7,8);2H,4H2,1H3,(H,5,6)/t4-,5-;2-,3+;2-/m010/s1. The molecule has 0 aliphatic carbocycles. The monoisotopic (exact) mass is 339 g/mol. The molecular formula is C13H29N3O7.